The second kappa shape index (κ2) is 2.88. The Balaban J connectivity index is 2.45. The van der Waals surface area contributed by atoms with E-state index in [0.29, 0.717) is 12.8 Å². The molecule has 0 amide bonds. The van der Waals surface area contributed by atoms with E-state index in [1.807, 2.05) is 6.92 Å². The van der Waals surface area contributed by atoms with Gasteiger partial charge in [0.15, 0.2) is 0 Å². The lowest BCUT2D eigenvalue weighted by Crippen LogP contribution is -2.41. The van der Waals surface area contributed by atoms with Crippen LogP contribution in [0.4, 0.5) is 0 Å². The van der Waals surface area contributed by atoms with Crippen molar-refractivity contribution in [3.05, 3.63) is 23.8 Å². The highest BCUT2D eigenvalue weighted by molar-refractivity contribution is 5.90. The van der Waals surface area contributed by atoms with Crippen LogP contribution in [-0.4, -0.2) is 15.8 Å². The Morgan fingerprint density at radius 3 is 2.79 bits per heavy atom. The number of carbonyl (C=O) groups excluding carboxylic acids is 1. The number of aryl methyl sites for hydroxylation is 1. The first-order valence-electron chi connectivity index (χ1n) is 4.38. The van der Waals surface area contributed by atoms with Crippen LogP contribution in [0.1, 0.15) is 24.1 Å². The lowest BCUT2D eigenvalue weighted by Gasteiger charge is -2.34. The third-order valence-corrected chi connectivity index (χ3v) is 2.64. The summed E-state index contributed by atoms with van der Waals surface area (Å²) in [4.78, 5) is 18.9. The molecule has 2 rings (SSSR count). The van der Waals surface area contributed by atoms with Crippen molar-refractivity contribution >= 4 is 5.78 Å². The number of carbonyl (C=O) groups is 1. The maximum atomic E-state index is 11.0. The van der Waals surface area contributed by atoms with Gasteiger partial charge in [0.05, 0.1) is 11.5 Å². The zero-order chi connectivity index (χ0) is 10.2. The predicted molar refractivity (Wildman–Crippen MR) is 48.3 cm³/mol. The van der Waals surface area contributed by atoms with Crippen LogP contribution < -0.4 is 0 Å². The number of nitriles is 1. The second-order valence-corrected chi connectivity index (χ2v) is 3.61. The fourth-order valence-corrected chi connectivity index (χ4v) is 1.81. The number of aromatic nitrogens is 2. The molecule has 0 radical (unpaired) electrons. The van der Waals surface area contributed by atoms with Gasteiger partial charge in [-0.1, -0.05) is 0 Å². The van der Waals surface area contributed by atoms with Gasteiger partial charge in [-0.25, -0.2) is 9.97 Å². The van der Waals surface area contributed by atoms with Crippen LogP contribution in [0.25, 0.3) is 0 Å². The molecule has 1 aromatic rings. The fraction of sp³-hybridized carbons (Fsp3) is 0.400. The number of rotatable bonds is 1. The molecule has 4 heteroatoms. The fourth-order valence-electron chi connectivity index (χ4n) is 1.81. The SMILES string of the molecule is Cc1ncncc1C1(C#N)CC(=O)C1. The van der Waals surface area contributed by atoms with Gasteiger partial charge in [-0.2, -0.15) is 5.26 Å². The second-order valence-electron chi connectivity index (χ2n) is 3.61. The monoisotopic (exact) mass is 187 g/mol. The molecule has 0 saturated heterocycles. The van der Waals surface area contributed by atoms with Crippen molar-refractivity contribution in [2.45, 2.75) is 25.2 Å². The summed E-state index contributed by atoms with van der Waals surface area (Å²) >= 11 is 0. The molecule has 70 valence electrons. The molecule has 1 saturated carbocycles. The summed E-state index contributed by atoms with van der Waals surface area (Å²) in [5, 5.41) is 9.07. The number of nitrogens with zero attached hydrogens (tertiary/aromatic N) is 3. The van der Waals surface area contributed by atoms with Gasteiger partial charge in [0.2, 0.25) is 0 Å². The molecule has 1 aliphatic carbocycles. The molecule has 0 aromatic carbocycles. The smallest absolute Gasteiger partial charge is 0.136 e. The summed E-state index contributed by atoms with van der Waals surface area (Å²) in [5.41, 5.74) is 0.929. The van der Waals surface area contributed by atoms with Gasteiger partial charge in [0.1, 0.15) is 12.1 Å². The molecule has 0 bridgehead atoms. The van der Waals surface area contributed by atoms with Gasteiger partial charge < -0.3 is 0 Å². The highest BCUT2D eigenvalue weighted by Crippen LogP contribution is 2.41. The summed E-state index contributed by atoms with van der Waals surface area (Å²) in [7, 11) is 0. The maximum absolute atomic E-state index is 11.0. The summed E-state index contributed by atoms with van der Waals surface area (Å²) in [5.74, 6) is 0.134. The molecular formula is C10H9N3O. The average Bonchev–Trinajstić information content (AvgIpc) is 2.14. The Labute approximate surface area is 81.6 Å². The highest BCUT2D eigenvalue weighted by Gasteiger charge is 2.46. The number of Topliss-reactive ketones (excluding diaryl/α,β-unsaturated/α-hetero) is 1. The molecule has 1 heterocycles. The largest absolute Gasteiger partial charge is 0.300 e. The molecule has 0 N–H and O–H groups in total. The molecule has 1 aliphatic rings. The number of hydrogen-bond donors (Lipinski definition) is 0. The van der Waals surface area contributed by atoms with Crippen molar-refractivity contribution in [1.82, 2.24) is 9.97 Å². The van der Waals surface area contributed by atoms with Crippen LogP contribution in [-0.2, 0) is 10.2 Å². The lowest BCUT2D eigenvalue weighted by atomic mass is 9.64. The molecule has 0 aliphatic heterocycles. The maximum Gasteiger partial charge on any atom is 0.136 e. The van der Waals surface area contributed by atoms with Crippen molar-refractivity contribution in [2.75, 3.05) is 0 Å². The van der Waals surface area contributed by atoms with E-state index < -0.39 is 5.41 Å². The molecule has 1 aromatic heterocycles. The number of hydrogen-bond acceptors (Lipinski definition) is 4. The van der Waals surface area contributed by atoms with Gasteiger partial charge in [0.25, 0.3) is 0 Å². The van der Waals surface area contributed by atoms with E-state index in [0.717, 1.165) is 11.3 Å². The Kier molecular flexibility index (Phi) is 1.81. The van der Waals surface area contributed by atoms with Crippen LogP contribution >= 0.6 is 0 Å². The van der Waals surface area contributed by atoms with E-state index in [-0.39, 0.29) is 5.78 Å². The average molecular weight is 187 g/mol. The minimum atomic E-state index is -0.650. The Bertz CT molecular complexity index is 425. The number of ketones is 1. The Morgan fingerprint density at radius 2 is 2.29 bits per heavy atom. The highest BCUT2D eigenvalue weighted by atomic mass is 16.1. The third-order valence-electron chi connectivity index (χ3n) is 2.64. The summed E-state index contributed by atoms with van der Waals surface area (Å²) in [6.45, 7) is 1.83. The van der Waals surface area contributed by atoms with Crippen LogP contribution in [0, 0.1) is 18.3 Å². The molecule has 4 nitrogen and oxygen atoms in total. The molecule has 0 unspecified atom stereocenters. The molecule has 0 spiro atoms. The van der Waals surface area contributed by atoms with E-state index in [1.54, 1.807) is 6.20 Å². The Morgan fingerprint density at radius 1 is 1.57 bits per heavy atom. The summed E-state index contributed by atoms with van der Waals surface area (Å²) < 4.78 is 0. The van der Waals surface area contributed by atoms with Crippen molar-refractivity contribution in [1.29, 1.82) is 5.26 Å². The van der Waals surface area contributed by atoms with Crippen LogP contribution in [0.3, 0.4) is 0 Å². The minimum Gasteiger partial charge on any atom is -0.300 e. The van der Waals surface area contributed by atoms with E-state index in [4.69, 9.17) is 5.26 Å². The standard InChI is InChI=1S/C10H9N3O/c1-7-9(4-12-6-13-7)10(5-11)2-8(14)3-10/h4,6H,2-3H2,1H3. The van der Waals surface area contributed by atoms with Crippen molar-refractivity contribution in [2.24, 2.45) is 0 Å². The van der Waals surface area contributed by atoms with Gasteiger partial charge in [-0.15, -0.1) is 0 Å². The summed E-state index contributed by atoms with van der Waals surface area (Å²) in [6.07, 6.45) is 3.69. The van der Waals surface area contributed by atoms with Gasteiger partial charge in [-0.05, 0) is 6.92 Å². The molecule has 14 heavy (non-hydrogen) atoms. The van der Waals surface area contributed by atoms with Gasteiger partial charge in [-0.3, -0.25) is 4.79 Å². The lowest BCUT2D eigenvalue weighted by molar-refractivity contribution is -0.126. The first kappa shape index (κ1) is 8.82. The zero-order valence-corrected chi connectivity index (χ0v) is 7.82. The normalized spacial score (nSPS) is 18.4. The van der Waals surface area contributed by atoms with E-state index >= 15 is 0 Å². The molecular weight excluding hydrogens is 178 g/mol. The van der Waals surface area contributed by atoms with E-state index in [9.17, 15) is 4.79 Å². The van der Waals surface area contributed by atoms with Crippen LogP contribution in [0.15, 0.2) is 12.5 Å². The first-order chi connectivity index (χ1) is 6.68. The molecule has 1 fully saturated rings. The predicted octanol–water partition coefficient (Wildman–Crippen LogP) is 0.909. The van der Waals surface area contributed by atoms with E-state index in [2.05, 4.69) is 16.0 Å². The van der Waals surface area contributed by atoms with Crippen molar-refractivity contribution < 1.29 is 4.79 Å². The van der Waals surface area contributed by atoms with Gasteiger partial charge >= 0.3 is 0 Å². The van der Waals surface area contributed by atoms with Gasteiger partial charge in [0, 0.05) is 30.3 Å². The third kappa shape index (κ3) is 1.10. The summed E-state index contributed by atoms with van der Waals surface area (Å²) in [6, 6.07) is 2.20. The quantitative estimate of drug-likeness (QED) is 0.655. The van der Waals surface area contributed by atoms with Crippen LogP contribution in [0.5, 0.6) is 0 Å². The topological polar surface area (TPSA) is 66.6 Å². The molecule has 0 atom stereocenters. The first-order valence-corrected chi connectivity index (χ1v) is 4.38. The van der Waals surface area contributed by atoms with Crippen molar-refractivity contribution in [3.8, 4) is 6.07 Å². The minimum absolute atomic E-state index is 0.134. The van der Waals surface area contributed by atoms with Crippen molar-refractivity contribution in [3.63, 3.8) is 0 Å². The zero-order valence-electron chi connectivity index (χ0n) is 7.82. The Hall–Kier alpha value is -1.76. The van der Waals surface area contributed by atoms with Crippen LogP contribution in [0.2, 0.25) is 0 Å². The van der Waals surface area contributed by atoms with E-state index in [1.165, 1.54) is 6.33 Å².